The number of rotatable bonds is 0. The van der Waals surface area contributed by atoms with Crippen molar-refractivity contribution >= 4 is 0 Å². The summed E-state index contributed by atoms with van der Waals surface area (Å²) in [7, 11) is 0. The highest BCUT2D eigenvalue weighted by atomic mass is 14.4. The molecular weight excluding hydrogens is 146 g/mol. The fourth-order valence-electron chi connectivity index (χ4n) is 2.29. The molecule has 12 heavy (non-hydrogen) atoms. The molecule has 0 radical (unpaired) electrons. The molecule has 0 bridgehead atoms. The molecule has 1 unspecified atom stereocenters. The fourth-order valence-corrected chi connectivity index (χ4v) is 2.29. The molecule has 0 aliphatic heterocycles. The van der Waals surface area contributed by atoms with Crippen LogP contribution in [-0.4, -0.2) is 0 Å². The second-order valence-electron chi connectivity index (χ2n) is 4.71. The second kappa shape index (κ2) is 2.94. The highest BCUT2D eigenvalue weighted by molar-refractivity contribution is 5.30. The van der Waals surface area contributed by atoms with Crippen molar-refractivity contribution in [1.29, 1.82) is 5.26 Å². The van der Waals surface area contributed by atoms with Gasteiger partial charge in [-0.25, -0.2) is 0 Å². The van der Waals surface area contributed by atoms with Gasteiger partial charge < -0.3 is 0 Å². The molecule has 66 valence electrons. The Morgan fingerprint density at radius 3 is 2.50 bits per heavy atom. The Balaban J connectivity index is 2.93. The van der Waals surface area contributed by atoms with E-state index in [1.165, 1.54) is 12.0 Å². The lowest BCUT2D eigenvalue weighted by molar-refractivity contribution is 0.367. The maximum Gasteiger partial charge on any atom is 0.0943 e. The van der Waals surface area contributed by atoms with Crippen LogP contribution in [0.1, 0.15) is 40.5 Å². The van der Waals surface area contributed by atoms with Crippen LogP contribution in [0, 0.1) is 22.7 Å². The number of allylic oxidation sites excluding steroid dienone is 2. The summed E-state index contributed by atoms with van der Waals surface area (Å²) in [6, 6.07) is 2.25. The average molecular weight is 163 g/mol. The van der Waals surface area contributed by atoms with E-state index < -0.39 is 0 Å². The molecule has 0 aromatic carbocycles. The van der Waals surface area contributed by atoms with E-state index in [0.717, 1.165) is 12.0 Å². The lowest BCUT2D eigenvalue weighted by atomic mass is 9.91. The van der Waals surface area contributed by atoms with Crippen LogP contribution >= 0.6 is 0 Å². The minimum atomic E-state index is 0.410. The summed E-state index contributed by atoms with van der Waals surface area (Å²) in [5, 5.41) is 8.78. The minimum Gasteiger partial charge on any atom is -0.193 e. The normalized spacial score (nSPS) is 31.4. The van der Waals surface area contributed by atoms with E-state index >= 15 is 0 Å². The van der Waals surface area contributed by atoms with Crippen molar-refractivity contribution in [3.63, 3.8) is 0 Å². The van der Waals surface area contributed by atoms with Crippen molar-refractivity contribution in [1.82, 2.24) is 0 Å². The zero-order valence-corrected chi connectivity index (χ0v) is 8.44. The summed E-state index contributed by atoms with van der Waals surface area (Å²) in [5.41, 5.74) is 2.72. The monoisotopic (exact) mass is 163 g/mol. The van der Waals surface area contributed by atoms with Crippen molar-refractivity contribution < 1.29 is 0 Å². The van der Waals surface area contributed by atoms with Crippen LogP contribution in [0.5, 0.6) is 0 Å². The Kier molecular flexibility index (Phi) is 2.28. The standard InChI is InChI=1S/C11H17N/c1-8-5-11(3,4)6-10(8)9(2)7-12/h8H,5-6H2,1-4H3/b10-9-. The topological polar surface area (TPSA) is 23.8 Å². The molecular formula is C11H17N. The van der Waals surface area contributed by atoms with Crippen LogP contribution in [0.15, 0.2) is 11.1 Å². The summed E-state index contributed by atoms with van der Waals surface area (Å²) in [4.78, 5) is 0. The molecule has 0 spiro atoms. The molecule has 0 heterocycles. The lowest BCUT2D eigenvalue weighted by Gasteiger charge is -2.14. The first-order chi connectivity index (χ1) is 5.46. The summed E-state index contributed by atoms with van der Waals surface area (Å²) < 4.78 is 0. The van der Waals surface area contributed by atoms with Gasteiger partial charge in [0.25, 0.3) is 0 Å². The molecule has 1 rings (SSSR count). The first-order valence-electron chi connectivity index (χ1n) is 4.56. The van der Waals surface area contributed by atoms with E-state index in [-0.39, 0.29) is 0 Å². The van der Waals surface area contributed by atoms with Crippen molar-refractivity contribution in [2.24, 2.45) is 11.3 Å². The van der Waals surface area contributed by atoms with Gasteiger partial charge in [-0.15, -0.1) is 0 Å². The Morgan fingerprint density at radius 2 is 2.17 bits per heavy atom. The smallest absolute Gasteiger partial charge is 0.0943 e. The Bertz CT molecular complexity index is 253. The maximum atomic E-state index is 8.78. The third-order valence-electron chi connectivity index (χ3n) is 2.77. The van der Waals surface area contributed by atoms with Gasteiger partial charge in [-0.3, -0.25) is 0 Å². The predicted molar refractivity (Wildman–Crippen MR) is 50.5 cm³/mol. The average Bonchev–Trinajstić information content (AvgIpc) is 2.23. The third-order valence-corrected chi connectivity index (χ3v) is 2.77. The highest BCUT2D eigenvalue weighted by Gasteiger charge is 2.33. The zero-order chi connectivity index (χ0) is 9.35. The van der Waals surface area contributed by atoms with Crippen molar-refractivity contribution in [2.45, 2.75) is 40.5 Å². The molecule has 1 heteroatoms. The van der Waals surface area contributed by atoms with E-state index in [9.17, 15) is 0 Å². The molecule has 0 saturated heterocycles. The summed E-state index contributed by atoms with van der Waals surface area (Å²) in [5.74, 6) is 0.611. The van der Waals surface area contributed by atoms with Crippen LogP contribution in [0.2, 0.25) is 0 Å². The molecule has 1 saturated carbocycles. The molecule has 1 aliphatic carbocycles. The first kappa shape index (κ1) is 9.32. The van der Waals surface area contributed by atoms with Gasteiger partial charge in [-0.2, -0.15) is 5.26 Å². The van der Waals surface area contributed by atoms with Gasteiger partial charge in [0.05, 0.1) is 6.07 Å². The van der Waals surface area contributed by atoms with Gasteiger partial charge in [-0.05, 0) is 31.1 Å². The quantitative estimate of drug-likeness (QED) is 0.503. The minimum absolute atomic E-state index is 0.410. The largest absolute Gasteiger partial charge is 0.193 e. The maximum absolute atomic E-state index is 8.78. The molecule has 0 aromatic rings. The van der Waals surface area contributed by atoms with E-state index in [1.54, 1.807) is 0 Å². The predicted octanol–water partition coefficient (Wildman–Crippen LogP) is 3.28. The molecule has 1 fully saturated rings. The van der Waals surface area contributed by atoms with Gasteiger partial charge >= 0.3 is 0 Å². The zero-order valence-electron chi connectivity index (χ0n) is 8.44. The Hall–Kier alpha value is -0.770. The summed E-state index contributed by atoms with van der Waals surface area (Å²) in [6.45, 7) is 8.72. The van der Waals surface area contributed by atoms with Crippen LogP contribution in [-0.2, 0) is 0 Å². The van der Waals surface area contributed by atoms with Crippen molar-refractivity contribution in [3.05, 3.63) is 11.1 Å². The van der Waals surface area contributed by atoms with Gasteiger partial charge in [0, 0.05) is 5.57 Å². The van der Waals surface area contributed by atoms with E-state index in [0.29, 0.717) is 11.3 Å². The molecule has 1 aliphatic rings. The van der Waals surface area contributed by atoms with Gasteiger partial charge in [0.1, 0.15) is 0 Å². The number of hydrogen-bond donors (Lipinski definition) is 0. The molecule has 0 N–H and O–H groups in total. The van der Waals surface area contributed by atoms with Crippen LogP contribution < -0.4 is 0 Å². The van der Waals surface area contributed by atoms with Crippen LogP contribution in [0.3, 0.4) is 0 Å². The summed E-state index contributed by atoms with van der Waals surface area (Å²) in [6.07, 6.45) is 2.33. The lowest BCUT2D eigenvalue weighted by Crippen LogP contribution is -2.03. The summed E-state index contributed by atoms with van der Waals surface area (Å²) >= 11 is 0. The van der Waals surface area contributed by atoms with Gasteiger partial charge in [-0.1, -0.05) is 26.3 Å². The van der Waals surface area contributed by atoms with E-state index in [1.807, 2.05) is 6.92 Å². The first-order valence-corrected chi connectivity index (χ1v) is 4.56. The third kappa shape index (κ3) is 1.69. The van der Waals surface area contributed by atoms with Gasteiger partial charge in [0.15, 0.2) is 0 Å². The number of hydrogen-bond acceptors (Lipinski definition) is 1. The fraction of sp³-hybridized carbons (Fsp3) is 0.727. The molecule has 0 aromatic heterocycles. The van der Waals surface area contributed by atoms with Crippen LogP contribution in [0.25, 0.3) is 0 Å². The molecule has 0 amide bonds. The van der Waals surface area contributed by atoms with E-state index in [4.69, 9.17) is 5.26 Å². The SMILES string of the molecule is C/C(C#N)=C1\CC(C)(C)CC1C. The van der Waals surface area contributed by atoms with Crippen molar-refractivity contribution in [2.75, 3.05) is 0 Å². The number of nitrogens with zero attached hydrogens (tertiary/aromatic N) is 1. The van der Waals surface area contributed by atoms with E-state index in [2.05, 4.69) is 26.8 Å². The molecule has 1 atom stereocenters. The van der Waals surface area contributed by atoms with Gasteiger partial charge in [0.2, 0.25) is 0 Å². The van der Waals surface area contributed by atoms with Crippen LogP contribution in [0.4, 0.5) is 0 Å². The second-order valence-corrected chi connectivity index (χ2v) is 4.71. The number of nitriles is 1. The Labute approximate surface area is 75.1 Å². The van der Waals surface area contributed by atoms with Crippen molar-refractivity contribution in [3.8, 4) is 6.07 Å². The highest BCUT2D eigenvalue weighted by Crippen LogP contribution is 2.45. The molecule has 1 nitrogen and oxygen atoms in total. The Morgan fingerprint density at radius 1 is 1.58 bits per heavy atom.